The lowest BCUT2D eigenvalue weighted by molar-refractivity contribution is -0.153. The minimum absolute atomic E-state index is 0.0371. The van der Waals surface area contributed by atoms with Crippen LogP contribution in [0.1, 0.15) is 11.1 Å². The number of amides is 1. The molecule has 0 aliphatic rings. The van der Waals surface area contributed by atoms with Gasteiger partial charge < -0.3 is 24.8 Å². The van der Waals surface area contributed by atoms with Crippen molar-refractivity contribution in [3.8, 4) is 17.2 Å². The van der Waals surface area contributed by atoms with Crippen molar-refractivity contribution in [1.82, 2.24) is 5.32 Å². The molecular weight excluding hydrogens is 389 g/mol. The van der Waals surface area contributed by atoms with Crippen molar-refractivity contribution >= 4 is 11.6 Å². The SMILES string of the molecule is COc1ccc(CNC(=O)CNc2ccc(C)cc2OCC(F)(F)F)cc1OC. The fourth-order valence-corrected chi connectivity index (χ4v) is 2.48. The maximum atomic E-state index is 12.4. The number of alkyl halides is 3. The summed E-state index contributed by atoms with van der Waals surface area (Å²) in [6.45, 7) is 0.460. The maximum absolute atomic E-state index is 12.4. The van der Waals surface area contributed by atoms with Crippen LogP contribution >= 0.6 is 0 Å². The average Bonchev–Trinajstić information content (AvgIpc) is 2.69. The van der Waals surface area contributed by atoms with Crippen LogP contribution in [-0.2, 0) is 11.3 Å². The Hall–Kier alpha value is -3.10. The Bertz CT molecular complexity index is 841. The average molecular weight is 412 g/mol. The molecule has 0 aromatic heterocycles. The first-order valence-corrected chi connectivity index (χ1v) is 8.73. The molecule has 9 heteroatoms. The van der Waals surface area contributed by atoms with E-state index in [1.165, 1.54) is 20.3 Å². The summed E-state index contributed by atoms with van der Waals surface area (Å²) in [5, 5.41) is 5.53. The van der Waals surface area contributed by atoms with Crippen molar-refractivity contribution in [1.29, 1.82) is 0 Å². The molecule has 0 unspecified atom stereocenters. The van der Waals surface area contributed by atoms with E-state index in [0.29, 0.717) is 17.2 Å². The molecule has 0 bridgehead atoms. The third kappa shape index (κ3) is 7.10. The number of carbonyl (C=O) groups excluding carboxylic acids is 1. The van der Waals surface area contributed by atoms with E-state index in [9.17, 15) is 18.0 Å². The monoisotopic (exact) mass is 412 g/mol. The van der Waals surface area contributed by atoms with Gasteiger partial charge in [0.1, 0.15) is 5.75 Å². The normalized spacial score (nSPS) is 11.0. The molecule has 0 saturated heterocycles. The number of aryl methyl sites for hydroxylation is 1. The van der Waals surface area contributed by atoms with Gasteiger partial charge in [-0.15, -0.1) is 0 Å². The highest BCUT2D eigenvalue weighted by Gasteiger charge is 2.28. The number of rotatable bonds is 9. The second kappa shape index (κ2) is 9.90. The van der Waals surface area contributed by atoms with Crippen LogP contribution in [0.4, 0.5) is 18.9 Å². The zero-order valence-corrected chi connectivity index (χ0v) is 16.4. The molecule has 0 spiro atoms. The van der Waals surface area contributed by atoms with Crippen molar-refractivity contribution < 1.29 is 32.2 Å². The second-order valence-electron chi connectivity index (χ2n) is 6.22. The van der Waals surface area contributed by atoms with Gasteiger partial charge in [-0.3, -0.25) is 4.79 Å². The highest BCUT2D eigenvalue weighted by molar-refractivity contribution is 5.81. The maximum Gasteiger partial charge on any atom is 0.422 e. The van der Waals surface area contributed by atoms with Gasteiger partial charge in [-0.05, 0) is 42.3 Å². The standard InChI is InChI=1S/C20H23F3N2O4/c1-13-4-6-15(17(8-13)29-12-20(21,22)23)24-11-19(26)25-10-14-5-7-16(27-2)18(9-14)28-3/h4-9,24H,10-12H2,1-3H3,(H,25,26). The Morgan fingerprint density at radius 1 is 1.00 bits per heavy atom. The van der Waals surface area contributed by atoms with E-state index in [-0.39, 0.29) is 24.7 Å². The Morgan fingerprint density at radius 3 is 2.38 bits per heavy atom. The predicted molar refractivity (Wildman–Crippen MR) is 103 cm³/mol. The number of anilines is 1. The van der Waals surface area contributed by atoms with Crippen molar-refractivity contribution in [3.63, 3.8) is 0 Å². The van der Waals surface area contributed by atoms with E-state index >= 15 is 0 Å². The Balaban J connectivity index is 1.92. The summed E-state index contributed by atoms with van der Waals surface area (Å²) < 4.78 is 52.5. The summed E-state index contributed by atoms with van der Waals surface area (Å²) >= 11 is 0. The van der Waals surface area contributed by atoms with Gasteiger partial charge in [0, 0.05) is 6.54 Å². The Morgan fingerprint density at radius 2 is 1.72 bits per heavy atom. The van der Waals surface area contributed by atoms with Crippen LogP contribution in [0.2, 0.25) is 0 Å². The number of hydrogen-bond donors (Lipinski definition) is 2. The summed E-state index contributed by atoms with van der Waals surface area (Å²) in [7, 11) is 3.05. The topological polar surface area (TPSA) is 68.8 Å². The number of nitrogens with one attached hydrogen (secondary N) is 2. The van der Waals surface area contributed by atoms with Gasteiger partial charge in [-0.2, -0.15) is 13.2 Å². The molecule has 2 rings (SSSR count). The molecular formula is C20H23F3N2O4. The molecule has 0 fully saturated rings. The molecule has 0 radical (unpaired) electrons. The first kappa shape index (κ1) is 22.2. The van der Waals surface area contributed by atoms with Crippen LogP contribution in [0.3, 0.4) is 0 Å². The number of ether oxygens (including phenoxy) is 3. The Labute approximate surface area is 167 Å². The van der Waals surface area contributed by atoms with Crippen LogP contribution in [0.5, 0.6) is 17.2 Å². The third-order valence-electron chi connectivity index (χ3n) is 3.91. The molecule has 6 nitrogen and oxygen atoms in total. The number of benzene rings is 2. The molecule has 158 valence electrons. The highest BCUT2D eigenvalue weighted by Crippen LogP contribution is 2.28. The molecule has 0 aliphatic carbocycles. The van der Waals surface area contributed by atoms with Crippen molar-refractivity contribution in [2.75, 3.05) is 32.7 Å². The van der Waals surface area contributed by atoms with E-state index in [2.05, 4.69) is 10.6 Å². The number of halogens is 3. The number of methoxy groups -OCH3 is 2. The summed E-state index contributed by atoms with van der Waals surface area (Å²) in [5.74, 6) is 0.829. The lowest BCUT2D eigenvalue weighted by atomic mass is 10.2. The molecule has 2 aromatic carbocycles. The smallest absolute Gasteiger partial charge is 0.422 e. The first-order chi connectivity index (χ1) is 13.7. The third-order valence-corrected chi connectivity index (χ3v) is 3.91. The minimum Gasteiger partial charge on any atom is -0.493 e. The lowest BCUT2D eigenvalue weighted by Gasteiger charge is -2.15. The Kier molecular flexibility index (Phi) is 7.58. The van der Waals surface area contributed by atoms with E-state index in [4.69, 9.17) is 14.2 Å². The van der Waals surface area contributed by atoms with Gasteiger partial charge in [-0.25, -0.2) is 0 Å². The zero-order valence-electron chi connectivity index (χ0n) is 16.4. The van der Waals surface area contributed by atoms with Gasteiger partial charge in [0.15, 0.2) is 18.1 Å². The summed E-state index contributed by atoms with van der Waals surface area (Å²) in [4.78, 5) is 12.1. The largest absolute Gasteiger partial charge is 0.493 e. The number of carbonyl (C=O) groups is 1. The summed E-state index contributed by atoms with van der Waals surface area (Å²) in [5.41, 5.74) is 1.85. The van der Waals surface area contributed by atoms with Crippen LogP contribution < -0.4 is 24.8 Å². The van der Waals surface area contributed by atoms with Gasteiger partial charge >= 0.3 is 6.18 Å². The lowest BCUT2D eigenvalue weighted by Crippen LogP contribution is -2.29. The number of hydrogen-bond acceptors (Lipinski definition) is 5. The van der Waals surface area contributed by atoms with Crippen LogP contribution in [0.15, 0.2) is 36.4 Å². The molecule has 2 aromatic rings. The summed E-state index contributed by atoms with van der Waals surface area (Å²) in [6.07, 6.45) is -4.45. The predicted octanol–water partition coefficient (Wildman–Crippen LogP) is 3.68. The molecule has 29 heavy (non-hydrogen) atoms. The fraction of sp³-hybridized carbons (Fsp3) is 0.350. The van der Waals surface area contributed by atoms with Crippen molar-refractivity contribution in [3.05, 3.63) is 47.5 Å². The molecule has 1 amide bonds. The summed E-state index contributed by atoms with van der Waals surface area (Å²) in [6, 6.07) is 10.0. The molecule has 0 atom stereocenters. The van der Waals surface area contributed by atoms with Gasteiger partial charge in [-0.1, -0.05) is 12.1 Å². The first-order valence-electron chi connectivity index (χ1n) is 8.73. The quantitative estimate of drug-likeness (QED) is 0.658. The minimum atomic E-state index is -4.45. The zero-order chi connectivity index (χ0) is 21.4. The van der Waals surface area contributed by atoms with E-state index < -0.39 is 12.8 Å². The second-order valence-corrected chi connectivity index (χ2v) is 6.22. The van der Waals surface area contributed by atoms with Gasteiger partial charge in [0.05, 0.1) is 26.5 Å². The van der Waals surface area contributed by atoms with Gasteiger partial charge in [0.2, 0.25) is 5.91 Å². The van der Waals surface area contributed by atoms with Crippen molar-refractivity contribution in [2.24, 2.45) is 0 Å². The van der Waals surface area contributed by atoms with E-state index in [0.717, 1.165) is 11.1 Å². The van der Waals surface area contributed by atoms with Gasteiger partial charge in [0.25, 0.3) is 0 Å². The van der Waals surface area contributed by atoms with E-state index in [1.54, 1.807) is 37.3 Å². The van der Waals surface area contributed by atoms with E-state index in [1.807, 2.05) is 0 Å². The van der Waals surface area contributed by atoms with Crippen LogP contribution in [0, 0.1) is 6.92 Å². The fourth-order valence-electron chi connectivity index (χ4n) is 2.48. The highest BCUT2D eigenvalue weighted by atomic mass is 19.4. The molecule has 0 saturated carbocycles. The molecule has 0 heterocycles. The molecule has 2 N–H and O–H groups in total. The van der Waals surface area contributed by atoms with Crippen molar-refractivity contribution in [2.45, 2.75) is 19.6 Å². The van der Waals surface area contributed by atoms with Crippen LogP contribution in [0.25, 0.3) is 0 Å². The van der Waals surface area contributed by atoms with Crippen LogP contribution in [-0.4, -0.2) is 39.5 Å². The molecule has 0 aliphatic heterocycles.